The number of benzene rings is 2. The zero-order chi connectivity index (χ0) is 15.2. The molecule has 2 aromatic carbocycles. The van der Waals surface area contributed by atoms with Crippen LogP contribution in [0.1, 0.15) is 15.9 Å². The van der Waals surface area contributed by atoms with Gasteiger partial charge in [0, 0.05) is 5.69 Å². The van der Waals surface area contributed by atoms with Crippen molar-refractivity contribution in [3.63, 3.8) is 0 Å². The molecule has 0 saturated heterocycles. The number of hydrogen-bond donors (Lipinski definition) is 2. The minimum absolute atomic E-state index is 0.107. The van der Waals surface area contributed by atoms with Crippen LogP contribution in [0.4, 0.5) is 14.5 Å². The van der Waals surface area contributed by atoms with Crippen molar-refractivity contribution in [2.45, 2.75) is 0 Å². The molecule has 0 spiro atoms. The van der Waals surface area contributed by atoms with Gasteiger partial charge >= 0.3 is 0 Å². The summed E-state index contributed by atoms with van der Waals surface area (Å²) in [6.07, 6.45) is 0. The molecule has 0 atom stereocenters. The zero-order valence-electron chi connectivity index (χ0n) is 11.0. The lowest BCUT2D eigenvalue weighted by atomic mass is 10.1. The normalized spacial score (nSPS) is 9.67. The molecule has 0 heterocycles. The fraction of sp³-hybridized carbons (Fsp3) is 0.0625. The summed E-state index contributed by atoms with van der Waals surface area (Å²) in [5, 5.41) is 2.43. The Bertz CT molecular complexity index is 733. The average Bonchev–Trinajstić information content (AvgIpc) is 2.47. The Morgan fingerprint density at radius 2 is 1.90 bits per heavy atom. The number of carbonyl (C=O) groups excluding carboxylic acids is 1. The van der Waals surface area contributed by atoms with Crippen molar-refractivity contribution in [1.82, 2.24) is 0 Å². The first kappa shape index (κ1) is 14.7. The van der Waals surface area contributed by atoms with Gasteiger partial charge in [0.05, 0.1) is 17.7 Å². The third-order valence-electron chi connectivity index (χ3n) is 2.67. The zero-order valence-corrected chi connectivity index (χ0v) is 11.0. The summed E-state index contributed by atoms with van der Waals surface area (Å²) in [6.45, 7) is 0.130. The fourth-order valence-electron chi connectivity index (χ4n) is 1.68. The van der Waals surface area contributed by atoms with Crippen molar-refractivity contribution in [1.29, 1.82) is 0 Å². The van der Waals surface area contributed by atoms with Crippen LogP contribution in [-0.2, 0) is 0 Å². The highest BCUT2D eigenvalue weighted by atomic mass is 19.1. The summed E-state index contributed by atoms with van der Waals surface area (Å²) in [5.74, 6) is 3.25. The highest BCUT2D eigenvalue weighted by molar-refractivity contribution is 6.04. The molecule has 2 aromatic rings. The summed E-state index contributed by atoms with van der Waals surface area (Å²) in [7, 11) is 0. The Morgan fingerprint density at radius 1 is 1.14 bits per heavy atom. The molecule has 2 rings (SSSR count). The number of carbonyl (C=O) groups is 1. The number of amides is 1. The van der Waals surface area contributed by atoms with E-state index >= 15 is 0 Å². The van der Waals surface area contributed by atoms with Crippen molar-refractivity contribution in [2.24, 2.45) is 5.73 Å². The van der Waals surface area contributed by atoms with Gasteiger partial charge in [0.1, 0.15) is 11.6 Å². The second-order valence-electron chi connectivity index (χ2n) is 4.13. The van der Waals surface area contributed by atoms with Gasteiger partial charge in [-0.2, -0.15) is 0 Å². The first-order valence-electron chi connectivity index (χ1n) is 6.16. The van der Waals surface area contributed by atoms with Gasteiger partial charge in [-0.25, -0.2) is 8.78 Å². The van der Waals surface area contributed by atoms with Crippen molar-refractivity contribution >= 4 is 11.6 Å². The van der Waals surface area contributed by atoms with Crippen LogP contribution < -0.4 is 11.1 Å². The highest BCUT2D eigenvalue weighted by Gasteiger charge is 2.11. The third-order valence-corrected chi connectivity index (χ3v) is 2.67. The van der Waals surface area contributed by atoms with Crippen LogP contribution in [0.2, 0.25) is 0 Å². The van der Waals surface area contributed by atoms with E-state index in [9.17, 15) is 13.6 Å². The van der Waals surface area contributed by atoms with Crippen LogP contribution >= 0.6 is 0 Å². The van der Waals surface area contributed by atoms with Gasteiger partial charge in [-0.15, -0.1) is 0 Å². The lowest BCUT2D eigenvalue weighted by Crippen LogP contribution is -2.13. The Morgan fingerprint density at radius 3 is 2.57 bits per heavy atom. The Balaban J connectivity index is 2.19. The van der Waals surface area contributed by atoms with Gasteiger partial charge in [-0.3, -0.25) is 4.79 Å². The number of anilines is 1. The number of halogens is 2. The SMILES string of the molecule is NCC#Cc1ccc(NC(=O)c2ccccc2F)cc1F. The third kappa shape index (κ3) is 3.65. The molecule has 0 fully saturated rings. The summed E-state index contributed by atoms with van der Waals surface area (Å²) < 4.78 is 27.2. The molecule has 0 bridgehead atoms. The Hall–Kier alpha value is -2.71. The molecule has 0 aliphatic heterocycles. The molecule has 3 N–H and O–H groups in total. The second-order valence-corrected chi connectivity index (χ2v) is 4.13. The van der Waals surface area contributed by atoms with Gasteiger partial charge < -0.3 is 11.1 Å². The maximum absolute atomic E-state index is 13.7. The van der Waals surface area contributed by atoms with Gasteiger partial charge in [0.25, 0.3) is 5.91 Å². The topological polar surface area (TPSA) is 55.1 Å². The van der Waals surface area contributed by atoms with E-state index in [4.69, 9.17) is 5.73 Å². The Labute approximate surface area is 120 Å². The van der Waals surface area contributed by atoms with Crippen LogP contribution in [0.15, 0.2) is 42.5 Å². The van der Waals surface area contributed by atoms with Crippen LogP contribution in [0, 0.1) is 23.5 Å². The summed E-state index contributed by atoms with van der Waals surface area (Å²) >= 11 is 0. The molecule has 106 valence electrons. The number of hydrogen-bond acceptors (Lipinski definition) is 2. The van der Waals surface area contributed by atoms with Crippen LogP contribution in [0.25, 0.3) is 0 Å². The predicted octanol–water partition coefficient (Wildman–Crippen LogP) is 2.53. The van der Waals surface area contributed by atoms with Crippen molar-refractivity contribution in [3.8, 4) is 11.8 Å². The number of nitrogens with one attached hydrogen (secondary N) is 1. The van der Waals surface area contributed by atoms with Gasteiger partial charge in [-0.05, 0) is 30.3 Å². The van der Waals surface area contributed by atoms with Crippen molar-refractivity contribution in [2.75, 3.05) is 11.9 Å². The number of nitrogens with two attached hydrogens (primary N) is 1. The molecule has 0 aromatic heterocycles. The first-order chi connectivity index (χ1) is 10.1. The van der Waals surface area contributed by atoms with Crippen molar-refractivity contribution in [3.05, 3.63) is 65.2 Å². The molecule has 3 nitrogen and oxygen atoms in total. The van der Waals surface area contributed by atoms with E-state index in [-0.39, 0.29) is 23.4 Å². The molecule has 21 heavy (non-hydrogen) atoms. The summed E-state index contributed by atoms with van der Waals surface area (Å²) in [5.41, 5.74) is 5.51. The minimum Gasteiger partial charge on any atom is -0.322 e. The van der Waals surface area contributed by atoms with Gasteiger partial charge in [-0.1, -0.05) is 24.0 Å². The van der Waals surface area contributed by atoms with Crippen LogP contribution in [-0.4, -0.2) is 12.5 Å². The Kier molecular flexibility index (Phi) is 4.64. The molecule has 0 unspecified atom stereocenters. The number of rotatable bonds is 2. The molecule has 0 aliphatic rings. The van der Waals surface area contributed by atoms with E-state index < -0.39 is 17.5 Å². The van der Waals surface area contributed by atoms with Gasteiger partial charge in [0.15, 0.2) is 0 Å². The van der Waals surface area contributed by atoms with E-state index in [1.54, 1.807) is 6.07 Å². The van der Waals surface area contributed by atoms with E-state index in [0.717, 1.165) is 6.07 Å². The smallest absolute Gasteiger partial charge is 0.258 e. The van der Waals surface area contributed by atoms with E-state index in [1.807, 2.05) is 0 Å². The molecule has 0 aliphatic carbocycles. The van der Waals surface area contributed by atoms with Crippen molar-refractivity contribution < 1.29 is 13.6 Å². The molecular formula is C16H12F2N2O. The maximum atomic E-state index is 13.7. The quantitative estimate of drug-likeness (QED) is 0.834. The van der Waals surface area contributed by atoms with Gasteiger partial charge in [0.2, 0.25) is 0 Å². The summed E-state index contributed by atoms with van der Waals surface area (Å²) in [6, 6.07) is 9.60. The molecule has 0 radical (unpaired) electrons. The lowest BCUT2D eigenvalue weighted by molar-refractivity contribution is 0.102. The maximum Gasteiger partial charge on any atom is 0.258 e. The predicted molar refractivity (Wildman–Crippen MR) is 76.7 cm³/mol. The van der Waals surface area contributed by atoms with Crippen LogP contribution in [0.5, 0.6) is 0 Å². The summed E-state index contributed by atoms with van der Waals surface area (Å²) in [4.78, 5) is 11.9. The lowest BCUT2D eigenvalue weighted by Gasteiger charge is -2.06. The second kappa shape index (κ2) is 6.64. The highest BCUT2D eigenvalue weighted by Crippen LogP contribution is 2.16. The van der Waals surface area contributed by atoms with E-state index in [1.165, 1.54) is 30.3 Å². The monoisotopic (exact) mass is 286 g/mol. The molecular weight excluding hydrogens is 274 g/mol. The standard InChI is InChI=1S/C16H12F2N2O/c17-14-6-2-1-5-13(14)16(21)20-12-8-7-11(4-3-9-19)15(18)10-12/h1-2,5-8,10H,9,19H2,(H,20,21). The first-order valence-corrected chi connectivity index (χ1v) is 6.16. The minimum atomic E-state index is -0.645. The van der Waals surface area contributed by atoms with Crippen LogP contribution in [0.3, 0.4) is 0 Å². The average molecular weight is 286 g/mol. The largest absolute Gasteiger partial charge is 0.322 e. The molecule has 1 amide bonds. The molecule has 5 heteroatoms. The fourth-order valence-corrected chi connectivity index (χ4v) is 1.68. The molecule has 0 saturated carbocycles. The van der Waals surface area contributed by atoms with E-state index in [2.05, 4.69) is 17.2 Å². The van der Waals surface area contributed by atoms with E-state index in [0.29, 0.717) is 0 Å².